The topological polar surface area (TPSA) is 23.5 Å². The Labute approximate surface area is 168 Å². The van der Waals surface area contributed by atoms with Crippen molar-refractivity contribution in [3.8, 4) is 0 Å². The Bertz CT molecular complexity index is 857. The minimum absolute atomic E-state index is 0.0597. The minimum atomic E-state index is -0.865. The van der Waals surface area contributed by atoms with Crippen molar-refractivity contribution in [3.63, 3.8) is 0 Å². The Morgan fingerprint density at radius 1 is 0.857 bits per heavy atom. The zero-order chi connectivity index (χ0) is 19.8. The molecule has 144 valence electrons. The average Bonchev–Trinajstić information content (AvgIpc) is 2.73. The van der Waals surface area contributed by atoms with Gasteiger partial charge in [0.05, 0.1) is 11.6 Å². The van der Waals surface area contributed by atoms with Gasteiger partial charge in [0, 0.05) is 12.2 Å². The van der Waals surface area contributed by atoms with Crippen LogP contribution in [-0.4, -0.2) is 16.7 Å². The summed E-state index contributed by atoms with van der Waals surface area (Å²) in [5.74, 6) is 0. The summed E-state index contributed by atoms with van der Waals surface area (Å²) in [4.78, 5) is 2.28. The molecule has 2 nitrogen and oxygen atoms in total. The van der Waals surface area contributed by atoms with Crippen LogP contribution in [0.3, 0.4) is 0 Å². The van der Waals surface area contributed by atoms with Gasteiger partial charge in [-0.25, -0.2) is 0 Å². The molecule has 0 aliphatic heterocycles. The summed E-state index contributed by atoms with van der Waals surface area (Å²) < 4.78 is 0. The van der Waals surface area contributed by atoms with E-state index < -0.39 is 5.60 Å². The van der Waals surface area contributed by atoms with Crippen molar-refractivity contribution in [1.29, 1.82) is 0 Å². The third kappa shape index (κ3) is 5.34. The first kappa shape index (κ1) is 19.9. The third-order valence-electron chi connectivity index (χ3n) is 5.29. The molecule has 3 aromatic carbocycles. The minimum Gasteiger partial charge on any atom is -0.388 e. The first-order valence-electron chi connectivity index (χ1n) is 9.86. The molecule has 2 atom stereocenters. The Hall–Kier alpha value is -2.84. The maximum atomic E-state index is 11.3. The van der Waals surface area contributed by atoms with Gasteiger partial charge in [0.25, 0.3) is 0 Å². The molecule has 2 heteroatoms. The molecule has 0 fully saturated rings. The molecule has 0 bridgehead atoms. The zero-order valence-electron chi connectivity index (χ0n) is 16.7. The summed E-state index contributed by atoms with van der Waals surface area (Å²) >= 11 is 0. The summed E-state index contributed by atoms with van der Waals surface area (Å²) in [6, 6.07) is 30.9. The molecular formula is C26H29NO. The van der Waals surface area contributed by atoms with Crippen molar-refractivity contribution in [3.05, 3.63) is 108 Å². The van der Waals surface area contributed by atoms with Crippen LogP contribution in [0.2, 0.25) is 0 Å². The van der Waals surface area contributed by atoms with Crippen molar-refractivity contribution in [2.45, 2.75) is 38.5 Å². The Kier molecular flexibility index (Phi) is 6.67. The zero-order valence-corrected chi connectivity index (χ0v) is 16.7. The molecule has 1 N–H and O–H groups in total. The van der Waals surface area contributed by atoms with Crippen molar-refractivity contribution in [2.24, 2.45) is 0 Å². The maximum Gasteiger partial charge on any atom is 0.0853 e. The van der Waals surface area contributed by atoms with Crippen LogP contribution in [0, 0.1) is 0 Å². The number of benzene rings is 3. The number of hydrogen-bond donors (Lipinski definition) is 1. The first-order chi connectivity index (χ1) is 13.6. The van der Waals surface area contributed by atoms with Crippen molar-refractivity contribution in [1.82, 2.24) is 0 Å². The van der Waals surface area contributed by atoms with Crippen LogP contribution < -0.4 is 4.90 Å². The van der Waals surface area contributed by atoms with Gasteiger partial charge in [-0.15, -0.1) is 0 Å². The molecule has 0 spiro atoms. The summed E-state index contributed by atoms with van der Waals surface area (Å²) in [6.07, 6.45) is 4.73. The highest BCUT2D eigenvalue weighted by Gasteiger charge is 2.32. The van der Waals surface area contributed by atoms with E-state index in [-0.39, 0.29) is 6.04 Å². The molecule has 0 aliphatic rings. The average molecular weight is 372 g/mol. The van der Waals surface area contributed by atoms with E-state index in [1.807, 2.05) is 49.4 Å². The fraction of sp³-hybridized carbons (Fsp3) is 0.231. The van der Waals surface area contributed by atoms with E-state index in [1.165, 1.54) is 5.56 Å². The van der Waals surface area contributed by atoms with Crippen LogP contribution >= 0.6 is 0 Å². The van der Waals surface area contributed by atoms with Gasteiger partial charge in [-0.1, -0.05) is 91.0 Å². The lowest BCUT2D eigenvalue weighted by Crippen LogP contribution is -2.49. The predicted molar refractivity (Wildman–Crippen MR) is 119 cm³/mol. The predicted octanol–water partition coefficient (Wildman–Crippen LogP) is 5.94. The van der Waals surface area contributed by atoms with Gasteiger partial charge in [-0.05, 0) is 43.5 Å². The van der Waals surface area contributed by atoms with E-state index in [0.29, 0.717) is 6.42 Å². The number of nitrogens with zero attached hydrogens (tertiary/aromatic N) is 1. The highest BCUT2D eigenvalue weighted by atomic mass is 16.3. The second kappa shape index (κ2) is 9.38. The van der Waals surface area contributed by atoms with Gasteiger partial charge in [0.1, 0.15) is 0 Å². The SMILES string of the molecule is C[C@@H](N(Cc1ccccc1)c1ccccc1)[C@@](C)(O)C/C=C/c1ccccc1. The normalized spacial score (nSPS) is 14.5. The van der Waals surface area contributed by atoms with Crippen LogP contribution in [0.15, 0.2) is 97.1 Å². The molecule has 3 aromatic rings. The largest absolute Gasteiger partial charge is 0.388 e. The second-order valence-corrected chi connectivity index (χ2v) is 7.50. The van der Waals surface area contributed by atoms with Gasteiger partial charge >= 0.3 is 0 Å². The summed E-state index contributed by atoms with van der Waals surface area (Å²) in [5.41, 5.74) is 2.63. The Balaban J connectivity index is 1.78. The number of para-hydroxylation sites is 1. The monoisotopic (exact) mass is 371 g/mol. The van der Waals surface area contributed by atoms with E-state index in [9.17, 15) is 5.11 Å². The van der Waals surface area contributed by atoms with Crippen LogP contribution in [-0.2, 0) is 6.54 Å². The van der Waals surface area contributed by atoms with E-state index in [0.717, 1.165) is 17.8 Å². The second-order valence-electron chi connectivity index (χ2n) is 7.50. The van der Waals surface area contributed by atoms with Gasteiger partial charge in [0.15, 0.2) is 0 Å². The molecule has 0 radical (unpaired) electrons. The van der Waals surface area contributed by atoms with E-state index in [1.54, 1.807) is 0 Å². The number of aliphatic hydroxyl groups is 1. The maximum absolute atomic E-state index is 11.3. The lowest BCUT2D eigenvalue weighted by molar-refractivity contribution is 0.0381. The lowest BCUT2D eigenvalue weighted by Gasteiger charge is -2.40. The summed E-state index contributed by atoms with van der Waals surface area (Å²) in [6.45, 7) is 4.78. The highest BCUT2D eigenvalue weighted by molar-refractivity contribution is 5.50. The number of rotatable bonds is 8. The number of hydrogen-bond acceptors (Lipinski definition) is 2. The van der Waals surface area contributed by atoms with Crippen molar-refractivity contribution in [2.75, 3.05) is 4.90 Å². The van der Waals surface area contributed by atoms with Gasteiger partial charge < -0.3 is 10.0 Å². The first-order valence-corrected chi connectivity index (χ1v) is 9.86. The lowest BCUT2D eigenvalue weighted by atomic mass is 9.91. The molecule has 0 amide bonds. The van der Waals surface area contributed by atoms with E-state index in [2.05, 4.69) is 72.5 Å². The highest BCUT2D eigenvalue weighted by Crippen LogP contribution is 2.28. The molecule has 0 aromatic heterocycles. The standard InChI is InChI=1S/C26H29NO/c1-22(26(2,28)20-12-17-23-13-6-3-7-14-23)27(25-18-10-5-11-19-25)21-24-15-8-4-9-16-24/h3-19,22,28H,20-21H2,1-2H3/b17-12+/t22-,26+/m1/s1. The molecule has 0 aliphatic carbocycles. The Morgan fingerprint density at radius 3 is 2.00 bits per heavy atom. The molecule has 0 saturated heterocycles. The van der Waals surface area contributed by atoms with Crippen LogP contribution in [0.25, 0.3) is 6.08 Å². The summed E-state index contributed by atoms with van der Waals surface area (Å²) in [7, 11) is 0. The molecule has 0 unspecified atom stereocenters. The smallest absolute Gasteiger partial charge is 0.0853 e. The third-order valence-corrected chi connectivity index (χ3v) is 5.29. The van der Waals surface area contributed by atoms with Gasteiger partial charge in [0.2, 0.25) is 0 Å². The summed E-state index contributed by atoms with van der Waals surface area (Å²) in [5, 5.41) is 11.3. The van der Waals surface area contributed by atoms with Crippen LogP contribution in [0.5, 0.6) is 0 Å². The Morgan fingerprint density at radius 2 is 1.39 bits per heavy atom. The quantitative estimate of drug-likeness (QED) is 0.530. The fourth-order valence-corrected chi connectivity index (χ4v) is 3.36. The molecule has 3 rings (SSSR count). The molecule has 0 heterocycles. The van der Waals surface area contributed by atoms with Gasteiger partial charge in [-0.2, -0.15) is 0 Å². The van der Waals surface area contributed by atoms with E-state index in [4.69, 9.17) is 0 Å². The van der Waals surface area contributed by atoms with Crippen LogP contribution in [0.4, 0.5) is 5.69 Å². The number of anilines is 1. The molecular weight excluding hydrogens is 342 g/mol. The van der Waals surface area contributed by atoms with E-state index >= 15 is 0 Å². The van der Waals surface area contributed by atoms with Gasteiger partial charge in [-0.3, -0.25) is 0 Å². The molecule has 0 saturated carbocycles. The van der Waals surface area contributed by atoms with Crippen LogP contribution in [0.1, 0.15) is 31.4 Å². The van der Waals surface area contributed by atoms with Crippen molar-refractivity contribution >= 4 is 11.8 Å². The molecule has 28 heavy (non-hydrogen) atoms. The van der Waals surface area contributed by atoms with Crippen molar-refractivity contribution < 1.29 is 5.11 Å². The fourth-order valence-electron chi connectivity index (χ4n) is 3.36.